The minimum absolute atomic E-state index is 0.0127. The van der Waals surface area contributed by atoms with Crippen molar-refractivity contribution in [2.75, 3.05) is 10.0 Å². The van der Waals surface area contributed by atoms with E-state index in [-0.39, 0.29) is 28.5 Å². The molecule has 3 aromatic carbocycles. The van der Waals surface area contributed by atoms with E-state index in [4.69, 9.17) is 11.6 Å². The van der Waals surface area contributed by atoms with Crippen LogP contribution in [0.4, 0.5) is 24.5 Å². The molecule has 2 N–H and O–H groups in total. The van der Waals surface area contributed by atoms with Crippen LogP contribution in [0, 0.1) is 5.92 Å². The van der Waals surface area contributed by atoms with Crippen molar-refractivity contribution in [1.29, 1.82) is 0 Å². The van der Waals surface area contributed by atoms with Gasteiger partial charge in [0.05, 0.1) is 16.5 Å². The molecule has 2 aliphatic rings. The van der Waals surface area contributed by atoms with Gasteiger partial charge in [0, 0.05) is 22.3 Å². The zero-order valence-electron chi connectivity index (χ0n) is 17.7. The van der Waals surface area contributed by atoms with Crippen LogP contribution in [-0.4, -0.2) is 8.42 Å². The van der Waals surface area contributed by atoms with Crippen molar-refractivity contribution in [3.05, 3.63) is 101 Å². The Morgan fingerprint density at radius 2 is 1.76 bits per heavy atom. The van der Waals surface area contributed by atoms with Gasteiger partial charge in [0.15, 0.2) is 0 Å². The van der Waals surface area contributed by atoms with Crippen molar-refractivity contribution in [3.8, 4) is 0 Å². The molecule has 1 heterocycles. The molecule has 0 amide bonds. The van der Waals surface area contributed by atoms with Gasteiger partial charge < -0.3 is 5.32 Å². The maximum Gasteiger partial charge on any atom is 0.416 e. The second-order valence-electron chi connectivity index (χ2n) is 8.43. The molecule has 3 aromatic rings. The number of benzene rings is 3. The van der Waals surface area contributed by atoms with Crippen LogP contribution in [0.3, 0.4) is 0 Å². The van der Waals surface area contributed by atoms with Crippen LogP contribution in [-0.2, 0) is 16.2 Å². The quantitative estimate of drug-likeness (QED) is 0.377. The molecule has 1 aliphatic carbocycles. The Balaban J connectivity index is 1.47. The fraction of sp³-hybridized carbons (Fsp3) is 0.200. The maximum atomic E-state index is 13.0. The molecule has 0 spiro atoms. The van der Waals surface area contributed by atoms with Crippen molar-refractivity contribution in [2.24, 2.45) is 5.92 Å². The number of nitrogens with one attached hydrogen (secondary N) is 2. The Bertz CT molecular complexity index is 1390. The first-order valence-electron chi connectivity index (χ1n) is 10.7. The molecule has 0 aromatic heterocycles. The summed E-state index contributed by atoms with van der Waals surface area (Å²) in [7, 11) is -4.10. The van der Waals surface area contributed by atoms with Crippen LogP contribution in [0.5, 0.6) is 0 Å². The summed E-state index contributed by atoms with van der Waals surface area (Å²) in [6.07, 6.45) is 0.399. The zero-order chi connectivity index (χ0) is 24.1. The van der Waals surface area contributed by atoms with Crippen LogP contribution in [0.25, 0.3) is 0 Å². The maximum absolute atomic E-state index is 13.0. The predicted octanol–water partition coefficient (Wildman–Crippen LogP) is 6.99. The molecule has 34 heavy (non-hydrogen) atoms. The van der Waals surface area contributed by atoms with E-state index in [1.807, 2.05) is 24.3 Å². The second kappa shape index (κ2) is 8.36. The fourth-order valence-corrected chi connectivity index (χ4v) is 6.09. The summed E-state index contributed by atoms with van der Waals surface area (Å²) in [6.45, 7) is 0. The van der Waals surface area contributed by atoms with E-state index in [1.54, 1.807) is 12.1 Å². The van der Waals surface area contributed by atoms with Gasteiger partial charge in [0.2, 0.25) is 0 Å². The Morgan fingerprint density at radius 1 is 0.971 bits per heavy atom. The van der Waals surface area contributed by atoms with Gasteiger partial charge in [-0.2, -0.15) is 13.2 Å². The average Bonchev–Trinajstić information content (AvgIpc) is 3.28. The molecule has 3 atom stereocenters. The number of allylic oxidation sites excluding steroid dienone is 2. The van der Waals surface area contributed by atoms with Crippen LogP contribution in [0.15, 0.2) is 83.8 Å². The number of hydrogen-bond donors (Lipinski definition) is 2. The van der Waals surface area contributed by atoms with Crippen molar-refractivity contribution >= 4 is 33.0 Å². The van der Waals surface area contributed by atoms with Crippen molar-refractivity contribution < 1.29 is 21.6 Å². The van der Waals surface area contributed by atoms with E-state index in [0.717, 1.165) is 35.4 Å². The largest absolute Gasteiger partial charge is 0.416 e. The zero-order valence-corrected chi connectivity index (χ0v) is 19.3. The molecule has 0 saturated heterocycles. The molecule has 0 unspecified atom stereocenters. The van der Waals surface area contributed by atoms with Gasteiger partial charge in [-0.1, -0.05) is 48.0 Å². The molecule has 0 bridgehead atoms. The number of halogens is 4. The van der Waals surface area contributed by atoms with Gasteiger partial charge in [-0.25, -0.2) is 8.42 Å². The standard InChI is InChI=1S/C25H20ClF3N2O2S/c26-22-10-2-1-7-20(22)24-19-9-4-8-18(19)21-14-17(11-12-23(21)30-24)34(32,33)31-16-6-3-5-15(13-16)25(27,28)29/h1-8,10-14,18-19,24,30-31H,9H2/t18-,19+,24-/m0/s1. The highest BCUT2D eigenvalue weighted by Crippen LogP contribution is 2.51. The summed E-state index contributed by atoms with van der Waals surface area (Å²) < 4.78 is 67.4. The molecule has 0 radical (unpaired) electrons. The molecule has 0 fully saturated rings. The van der Waals surface area contributed by atoms with E-state index in [0.29, 0.717) is 5.02 Å². The Kier molecular flexibility index (Phi) is 5.61. The minimum atomic E-state index is -4.57. The number of fused-ring (bicyclic) bond motifs is 3. The average molecular weight is 505 g/mol. The lowest BCUT2D eigenvalue weighted by atomic mass is 9.77. The SMILES string of the molecule is O=S(=O)(Nc1cccc(C(F)(F)F)c1)c1ccc2c(c1)[C@H]1C=CC[C@H]1[C@@H](c1ccccc1Cl)N2. The summed E-state index contributed by atoms with van der Waals surface area (Å²) in [5.74, 6) is 0.142. The van der Waals surface area contributed by atoms with Gasteiger partial charge in [-0.3, -0.25) is 4.72 Å². The lowest BCUT2D eigenvalue weighted by Gasteiger charge is -2.38. The van der Waals surface area contributed by atoms with E-state index in [9.17, 15) is 21.6 Å². The Hall–Kier alpha value is -2.97. The van der Waals surface area contributed by atoms with Crippen molar-refractivity contribution in [1.82, 2.24) is 0 Å². The minimum Gasteiger partial charge on any atom is -0.378 e. The lowest BCUT2D eigenvalue weighted by molar-refractivity contribution is -0.137. The van der Waals surface area contributed by atoms with Gasteiger partial charge >= 0.3 is 6.18 Å². The van der Waals surface area contributed by atoms with E-state index in [2.05, 4.69) is 22.2 Å². The predicted molar refractivity (Wildman–Crippen MR) is 126 cm³/mol. The van der Waals surface area contributed by atoms with Crippen LogP contribution < -0.4 is 10.0 Å². The smallest absolute Gasteiger partial charge is 0.378 e. The number of alkyl halides is 3. The third-order valence-corrected chi connectivity index (χ3v) is 8.05. The molecule has 1 aliphatic heterocycles. The molecule has 4 nitrogen and oxygen atoms in total. The van der Waals surface area contributed by atoms with Gasteiger partial charge in [-0.15, -0.1) is 0 Å². The van der Waals surface area contributed by atoms with E-state index < -0.39 is 21.8 Å². The number of sulfonamides is 1. The van der Waals surface area contributed by atoms with Crippen LogP contribution in [0.1, 0.15) is 35.1 Å². The van der Waals surface area contributed by atoms with Crippen LogP contribution >= 0.6 is 11.6 Å². The van der Waals surface area contributed by atoms with Crippen LogP contribution in [0.2, 0.25) is 5.02 Å². The first-order valence-corrected chi connectivity index (χ1v) is 12.5. The lowest BCUT2D eigenvalue weighted by Crippen LogP contribution is -2.29. The van der Waals surface area contributed by atoms with Crippen molar-refractivity contribution in [2.45, 2.75) is 29.5 Å². The summed E-state index contributed by atoms with van der Waals surface area (Å²) >= 11 is 6.46. The third kappa shape index (κ3) is 4.16. The van der Waals surface area contributed by atoms with Gasteiger partial charge in [0.25, 0.3) is 10.0 Å². The summed E-state index contributed by atoms with van der Waals surface area (Å²) in [5.41, 5.74) is 1.54. The van der Waals surface area contributed by atoms with E-state index >= 15 is 0 Å². The summed E-state index contributed by atoms with van der Waals surface area (Å²) in [4.78, 5) is -0.0132. The Labute approximate surface area is 200 Å². The van der Waals surface area contributed by atoms with Gasteiger partial charge in [-0.05, 0) is 65.9 Å². The first-order chi connectivity index (χ1) is 16.1. The Morgan fingerprint density at radius 3 is 2.53 bits per heavy atom. The van der Waals surface area contributed by atoms with Crippen molar-refractivity contribution in [3.63, 3.8) is 0 Å². The highest BCUT2D eigenvalue weighted by molar-refractivity contribution is 7.92. The highest BCUT2D eigenvalue weighted by atomic mass is 35.5. The number of rotatable bonds is 4. The molecule has 0 saturated carbocycles. The van der Waals surface area contributed by atoms with E-state index in [1.165, 1.54) is 18.2 Å². The molecule has 9 heteroatoms. The number of hydrogen-bond acceptors (Lipinski definition) is 3. The second-order valence-corrected chi connectivity index (χ2v) is 10.5. The molecule has 176 valence electrons. The molecular formula is C25H20ClF3N2O2S. The van der Waals surface area contributed by atoms with Gasteiger partial charge in [0.1, 0.15) is 0 Å². The molecular weight excluding hydrogens is 485 g/mol. The third-order valence-electron chi connectivity index (χ3n) is 6.33. The first kappa shape index (κ1) is 22.8. The molecule has 5 rings (SSSR count). The fourth-order valence-electron chi connectivity index (χ4n) is 4.75. The summed E-state index contributed by atoms with van der Waals surface area (Å²) in [5, 5.41) is 4.18. The highest BCUT2D eigenvalue weighted by Gasteiger charge is 2.39. The number of anilines is 2. The topological polar surface area (TPSA) is 58.2 Å². The monoisotopic (exact) mass is 504 g/mol. The normalized spacial score (nSPS) is 21.5. The summed E-state index contributed by atoms with van der Waals surface area (Å²) in [6, 6.07) is 16.5.